The monoisotopic (exact) mass is 337 g/mol. The topological polar surface area (TPSA) is 52.6 Å². The van der Waals surface area contributed by atoms with Crippen LogP contribution in [0, 0.1) is 0 Å². The molecule has 1 aromatic heterocycles. The van der Waals surface area contributed by atoms with Crippen LogP contribution in [0.3, 0.4) is 0 Å². The number of likely N-dealkylation sites (tertiary alicyclic amines) is 1. The van der Waals surface area contributed by atoms with Crippen molar-refractivity contribution < 1.29 is 0 Å². The fraction of sp³-hybridized carbons (Fsp3) is 0.647. The van der Waals surface area contributed by atoms with Crippen LogP contribution in [0.25, 0.3) is 0 Å². The molecule has 0 aliphatic carbocycles. The Bertz CT molecular complexity index is 468. The standard InChI is InChI=1S/C17H28ClN5/c1-2-19-17(21-10-13-23-11-4-3-5-12-23)20-9-8-15-6-7-16(18)22-14-15/h6-7,14H,2-5,8-13H2,1H3,(H2,19,20,21). The van der Waals surface area contributed by atoms with Crippen molar-refractivity contribution in [1.29, 1.82) is 0 Å². The molecule has 0 bridgehead atoms. The Morgan fingerprint density at radius 1 is 1.26 bits per heavy atom. The predicted octanol–water partition coefficient (Wildman–Crippen LogP) is 2.32. The summed E-state index contributed by atoms with van der Waals surface area (Å²) in [5, 5.41) is 7.22. The van der Waals surface area contributed by atoms with Crippen LogP contribution in [0.1, 0.15) is 31.7 Å². The number of nitrogens with zero attached hydrogens (tertiary/aromatic N) is 3. The molecule has 2 N–H and O–H groups in total. The Morgan fingerprint density at radius 2 is 2.09 bits per heavy atom. The number of hydrogen-bond acceptors (Lipinski definition) is 3. The van der Waals surface area contributed by atoms with E-state index in [2.05, 4.69) is 32.4 Å². The number of hydrogen-bond donors (Lipinski definition) is 2. The Labute approximate surface area is 144 Å². The zero-order valence-corrected chi connectivity index (χ0v) is 14.8. The molecule has 1 saturated heterocycles. The van der Waals surface area contributed by atoms with Crippen molar-refractivity contribution in [1.82, 2.24) is 20.5 Å². The lowest BCUT2D eigenvalue weighted by atomic mass is 10.1. The number of aliphatic imine (C=N–C) groups is 1. The number of pyridine rings is 1. The van der Waals surface area contributed by atoms with E-state index in [9.17, 15) is 0 Å². The second-order valence-corrected chi connectivity index (χ2v) is 6.22. The molecule has 1 fully saturated rings. The van der Waals surface area contributed by atoms with Crippen molar-refractivity contribution >= 4 is 17.6 Å². The lowest BCUT2D eigenvalue weighted by Gasteiger charge is -2.25. The summed E-state index contributed by atoms with van der Waals surface area (Å²) in [6.07, 6.45) is 6.77. The Hall–Kier alpha value is -1.33. The molecule has 0 unspecified atom stereocenters. The molecule has 23 heavy (non-hydrogen) atoms. The molecule has 5 nitrogen and oxygen atoms in total. The number of nitrogens with one attached hydrogen (secondary N) is 2. The van der Waals surface area contributed by atoms with E-state index in [1.54, 1.807) is 0 Å². The highest BCUT2D eigenvalue weighted by atomic mass is 35.5. The van der Waals surface area contributed by atoms with Gasteiger partial charge in [-0.3, -0.25) is 4.99 Å². The maximum atomic E-state index is 5.80. The van der Waals surface area contributed by atoms with E-state index in [-0.39, 0.29) is 0 Å². The van der Waals surface area contributed by atoms with E-state index in [0.29, 0.717) is 5.15 Å². The predicted molar refractivity (Wildman–Crippen MR) is 97.2 cm³/mol. The van der Waals surface area contributed by atoms with Crippen molar-refractivity contribution in [2.24, 2.45) is 4.99 Å². The Morgan fingerprint density at radius 3 is 2.78 bits per heavy atom. The summed E-state index contributed by atoms with van der Waals surface area (Å²) >= 11 is 5.80. The van der Waals surface area contributed by atoms with Crippen LogP contribution < -0.4 is 10.6 Å². The molecule has 128 valence electrons. The molecule has 1 aliphatic rings. The highest BCUT2D eigenvalue weighted by molar-refractivity contribution is 6.29. The molecule has 0 amide bonds. The number of guanidine groups is 1. The minimum Gasteiger partial charge on any atom is -0.357 e. The SMILES string of the molecule is CCNC(=NCCN1CCCCC1)NCCc1ccc(Cl)nc1. The molecule has 0 spiro atoms. The Balaban J connectivity index is 1.71. The third-order valence-electron chi connectivity index (χ3n) is 3.97. The first kappa shape index (κ1) is 18.0. The van der Waals surface area contributed by atoms with Gasteiger partial charge in [-0.2, -0.15) is 0 Å². The average molecular weight is 338 g/mol. The summed E-state index contributed by atoms with van der Waals surface area (Å²) < 4.78 is 0. The van der Waals surface area contributed by atoms with Crippen molar-refractivity contribution in [3.8, 4) is 0 Å². The number of piperidine rings is 1. The van der Waals surface area contributed by atoms with Gasteiger partial charge in [0.2, 0.25) is 0 Å². The first-order valence-electron chi connectivity index (χ1n) is 8.63. The summed E-state index contributed by atoms with van der Waals surface area (Å²) in [4.78, 5) is 11.3. The third kappa shape index (κ3) is 7.18. The van der Waals surface area contributed by atoms with Gasteiger partial charge in [-0.1, -0.05) is 24.1 Å². The van der Waals surface area contributed by atoms with Gasteiger partial charge < -0.3 is 15.5 Å². The van der Waals surface area contributed by atoms with Crippen molar-refractivity contribution in [2.75, 3.05) is 39.3 Å². The van der Waals surface area contributed by atoms with E-state index in [1.165, 1.54) is 37.9 Å². The molecular weight excluding hydrogens is 310 g/mol. The number of aromatic nitrogens is 1. The molecule has 6 heteroatoms. The fourth-order valence-electron chi connectivity index (χ4n) is 2.71. The van der Waals surface area contributed by atoms with Crippen molar-refractivity contribution in [3.05, 3.63) is 29.0 Å². The molecule has 2 heterocycles. The molecule has 2 rings (SSSR count). The van der Waals surface area contributed by atoms with Gasteiger partial charge in [0.25, 0.3) is 0 Å². The number of rotatable bonds is 7. The summed E-state index contributed by atoms with van der Waals surface area (Å²) in [5.41, 5.74) is 1.17. The molecule has 0 radical (unpaired) electrons. The van der Waals surface area contributed by atoms with Gasteiger partial charge in [0.1, 0.15) is 5.15 Å². The summed E-state index contributed by atoms with van der Waals surface area (Å²) in [6, 6.07) is 3.84. The van der Waals surface area contributed by atoms with E-state index >= 15 is 0 Å². The number of halogens is 1. The van der Waals surface area contributed by atoms with Gasteiger partial charge in [-0.15, -0.1) is 0 Å². The smallest absolute Gasteiger partial charge is 0.191 e. The highest BCUT2D eigenvalue weighted by Crippen LogP contribution is 2.07. The maximum absolute atomic E-state index is 5.80. The maximum Gasteiger partial charge on any atom is 0.191 e. The van der Waals surface area contributed by atoms with Gasteiger partial charge in [-0.25, -0.2) is 4.98 Å². The normalized spacial score (nSPS) is 16.3. The van der Waals surface area contributed by atoms with Crippen molar-refractivity contribution in [3.63, 3.8) is 0 Å². The lowest BCUT2D eigenvalue weighted by Crippen LogP contribution is -2.39. The quantitative estimate of drug-likeness (QED) is 0.455. The lowest BCUT2D eigenvalue weighted by molar-refractivity contribution is 0.235. The van der Waals surface area contributed by atoms with Crippen molar-refractivity contribution in [2.45, 2.75) is 32.6 Å². The second kappa shape index (κ2) is 10.4. The van der Waals surface area contributed by atoms with Crippen LogP contribution in [-0.4, -0.2) is 55.1 Å². The van der Waals surface area contributed by atoms with E-state index in [1.807, 2.05) is 18.3 Å². The van der Waals surface area contributed by atoms with E-state index < -0.39 is 0 Å². The highest BCUT2D eigenvalue weighted by Gasteiger charge is 2.08. The van der Waals surface area contributed by atoms with E-state index in [4.69, 9.17) is 11.6 Å². The molecule has 0 saturated carbocycles. The molecule has 1 aliphatic heterocycles. The van der Waals surface area contributed by atoms with Crippen LogP contribution >= 0.6 is 11.6 Å². The first-order valence-corrected chi connectivity index (χ1v) is 9.00. The van der Waals surface area contributed by atoms with Crippen LogP contribution in [0.4, 0.5) is 0 Å². The minimum atomic E-state index is 0.536. The molecule has 0 aromatic carbocycles. The summed E-state index contributed by atoms with van der Waals surface area (Å²) in [7, 11) is 0. The van der Waals surface area contributed by atoms with Gasteiger partial charge >= 0.3 is 0 Å². The molecule has 1 aromatic rings. The van der Waals surface area contributed by atoms with Crippen LogP contribution in [-0.2, 0) is 6.42 Å². The van der Waals surface area contributed by atoms with Gasteiger partial charge in [0, 0.05) is 25.8 Å². The average Bonchev–Trinajstić information content (AvgIpc) is 2.58. The van der Waals surface area contributed by atoms with E-state index in [0.717, 1.165) is 38.6 Å². The van der Waals surface area contributed by atoms with Gasteiger partial charge in [0.05, 0.1) is 6.54 Å². The summed E-state index contributed by atoms with van der Waals surface area (Å²) in [5.74, 6) is 0.895. The Kier molecular flexibility index (Phi) is 8.18. The zero-order chi connectivity index (χ0) is 16.3. The zero-order valence-electron chi connectivity index (χ0n) is 14.0. The largest absolute Gasteiger partial charge is 0.357 e. The first-order chi connectivity index (χ1) is 11.3. The van der Waals surface area contributed by atoms with Crippen LogP contribution in [0.5, 0.6) is 0 Å². The fourth-order valence-corrected chi connectivity index (χ4v) is 2.82. The van der Waals surface area contributed by atoms with Gasteiger partial charge in [0.15, 0.2) is 5.96 Å². The summed E-state index contributed by atoms with van der Waals surface area (Å²) in [6.45, 7) is 8.14. The van der Waals surface area contributed by atoms with Crippen LogP contribution in [0.15, 0.2) is 23.3 Å². The molecule has 0 atom stereocenters. The van der Waals surface area contributed by atoms with Gasteiger partial charge in [-0.05, 0) is 50.9 Å². The second-order valence-electron chi connectivity index (χ2n) is 5.83. The molecular formula is C17H28ClN5. The van der Waals surface area contributed by atoms with Crippen LogP contribution in [0.2, 0.25) is 5.15 Å². The third-order valence-corrected chi connectivity index (χ3v) is 4.20. The minimum absolute atomic E-state index is 0.536.